The van der Waals surface area contributed by atoms with Crippen molar-refractivity contribution in [3.63, 3.8) is 0 Å². The molecule has 3 aromatic rings. The van der Waals surface area contributed by atoms with Gasteiger partial charge in [-0.3, -0.25) is 4.90 Å². The molecule has 1 heterocycles. The molecule has 0 bridgehead atoms. The van der Waals surface area contributed by atoms with Crippen LogP contribution in [0.5, 0.6) is 5.75 Å². The molecule has 7 heteroatoms. The van der Waals surface area contributed by atoms with Gasteiger partial charge in [-0.15, -0.1) is 0 Å². The molecule has 0 amide bonds. The van der Waals surface area contributed by atoms with Crippen LogP contribution < -0.4 is 4.74 Å². The number of halogens is 2. The first-order valence-corrected chi connectivity index (χ1v) is 13.0. The van der Waals surface area contributed by atoms with Crippen molar-refractivity contribution in [3.05, 3.63) is 99.5 Å². The number of benzene rings is 3. The van der Waals surface area contributed by atoms with Crippen molar-refractivity contribution >= 4 is 33.0 Å². The number of nitrogens with zero attached hydrogens (tertiary/aromatic N) is 1. The molecule has 0 aliphatic carbocycles. The Morgan fingerprint density at radius 1 is 0.812 bits per heavy atom. The SMILES string of the molecule is COc1ccc(C(C2CN(C(c3ccc(Cl)cc3)c3ccc(Cl)cc3)C2)S(C)(=O)=O)cc1. The number of sulfone groups is 1. The Morgan fingerprint density at radius 3 is 1.66 bits per heavy atom. The predicted octanol–water partition coefficient (Wildman–Crippen LogP) is 5.81. The minimum atomic E-state index is -3.29. The molecule has 1 aliphatic rings. The molecule has 1 atom stereocenters. The van der Waals surface area contributed by atoms with E-state index in [9.17, 15) is 8.42 Å². The quantitative estimate of drug-likeness (QED) is 0.420. The summed E-state index contributed by atoms with van der Waals surface area (Å²) in [5.41, 5.74) is 3.01. The topological polar surface area (TPSA) is 46.6 Å². The Balaban J connectivity index is 1.61. The lowest BCUT2D eigenvalue weighted by atomic mass is 9.86. The van der Waals surface area contributed by atoms with E-state index in [1.165, 1.54) is 6.26 Å². The summed E-state index contributed by atoms with van der Waals surface area (Å²) in [7, 11) is -1.69. The average molecular weight is 490 g/mol. The first-order chi connectivity index (χ1) is 15.3. The molecule has 0 aromatic heterocycles. The second-order valence-electron chi connectivity index (χ2n) is 8.24. The summed E-state index contributed by atoms with van der Waals surface area (Å²) >= 11 is 12.2. The number of likely N-dealkylation sites (tertiary alicyclic amines) is 1. The second kappa shape index (κ2) is 9.44. The molecule has 1 unspecified atom stereocenters. The zero-order valence-electron chi connectivity index (χ0n) is 17.9. The minimum Gasteiger partial charge on any atom is -0.497 e. The van der Waals surface area contributed by atoms with Crippen molar-refractivity contribution in [2.75, 3.05) is 26.5 Å². The van der Waals surface area contributed by atoms with E-state index in [-0.39, 0.29) is 12.0 Å². The Morgan fingerprint density at radius 2 is 1.25 bits per heavy atom. The molecule has 0 N–H and O–H groups in total. The molecule has 0 spiro atoms. The average Bonchev–Trinajstić information content (AvgIpc) is 2.74. The summed E-state index contributed by atoms with van der Waals surface area (Å²) in [5, 5.41) is 0.809. The number of hydrogen-bond acceptors (Lipinski definition) is 4. The molecule has 0 saturated carbocycles. The third-order valence-electron chi connectivity index (χ3n) is 6.01. The molecular formula is C25H25Cl2NO3S. The minimum absolute atomic E-state index is 0.000459. The van der Waals surface area contributed by atoms with Crippen LogP contribution in [0.15, 0.2) is 72.8 Å². The summed E-state index contributed by atoms with van der Waals surface area (Å²) in [5.74, 6) is 0.710. The summed E-state index contributed by atoms with van der Waals surface area (Å²) < 4.78 is 30.7. The standard InChI is InChI=1S/C25H25Cl2NO3S/c1-31-23-13-7-19(8-14-23)25(32(2,29)30)20-15-28(16-20)24(17-3-9-21(26)10-4-17)18-5-11-22(27)12-6-18/h3-14,20,24-25H,15-16H2,1-2H3. The third-order valence-corrected chi connectivity index (χ3v) is 8.09. The van der Waals surface area contributed by atoms with Crippen LogP contribution in [-0.2, 0) is 9.84 Å². The summed E-state index contributed by atoms with van der Waals surface area (Å²) in [6.07, 6.45) is 1.32. The summed E-state index contributed by atoms with van der Waals surface area (Å²) in [6.45, 7) is 1.33. The van der Waals surface area contributed by atoms with Crippen molar-refractivity contribution < 1.29 is 13.2 Å². The van der Waals surface area contributed by atoms with E-state index in [2.05, 4.69) is 4.90 Å². The van der Waals surface area contributed by atoms with E-state index in [4.69, 9.17) is 27.9 Å². The monoisotopic (exact) mass is 489 g/mol. The van der Waals surface area contributed by atoms with E-state index >= 15 is 0 Å². The van der Waals surface area contributed by atoms with E-state index in [0.29, 0.717) is 28.9 Å². The zero-order chi connectivity index (χ0) is 22.9. The van der Waals surface area contributed by atoms with Gasteiger partial charge in [0.15, 0.2) is 9.84 Å². The van der Waals surface area contributed by atoms with Gasteiger partial charge in [0.1, 0.15) is 5.75 Å². The zero-order valence-corrected chi connectivity index (χ0v) is 20.2. The van der Waals surface area contributed by atoms with Gasteiger partial charge in [0.2, 0.25) is 0 Å². The maximum absolute atomic E-state index is 12.7. The van der Waals surface area contributed by atoms with Gasteiger partial charge in [0.25, 0.3) is 0 Å². The van der Waals surface area contributed by atoms with Crippen LogP contribution in [0.1, 0.15) is 28.0 Å². The lowest BCUT2D eigenvalue weighted by molar-refractivity contribution is 0.0655. The lowest BCUT2D eigenvalue weighted by Gasteiger charge is -2.47. The van der Waals surface area contributed by atoms with Gasteiger partial charge in [-0.1, -0.05) is 59.6 Å². The van der Waals surface area contributed by atoms with Crippen LogP contribution >= 0.6 is 23.2 Å². The van der Waals surface area contributed by atoms with Gasteiger partial charge in [-0.2, -0.15) is 0 Å². The molecule has 4 rings (SSSR count). The highest BCUT2D eigenvalue weighted by Gasteiger charge is 2.42. The fourth-order valence-corrected chi connectivity index (χ4v) is 6.29. The molecule has 1 fully saturated rings. The van der Waals surface area contributed by atoms with E-state index < -0.39 is 15.1 Å². The van der Waals surface area contributed by atoms with Crippen molar-refractivity contribution in [2.24, 2.45) is 5.92 Å². The summed E-state index contributed by atoms with van der Waals surface area (Å²) in [6, 6.07) is 22.9. The highest BCUT2D eigenvalue weighted by molar-refractivity contribution is 7.90. The third kappa shape index (κ3) is 4.96. The first-order valence-electron chi connectivity index (χ1n) is 10.3. The fourth-order valence-electron chi connectivity index (χ4n) is 4.52. The van der Waals surface area contributed by atoms with Gasteiger partial charge in [-0.25, -0.2) is 8.42 Å². The van der Waals surface area contributed by atoms with Crippen molar-refractivity contribution in [3.8, 4) is 5.75 Å². The molecule has 0 radical (unpaired) electrons. The van der Waals surface area contributed by atoms with Crippen molar-refractivity contribution in [1.29, 1.82) is 0 Å². The maximum Gasteiger partial charge on any atom is 0.154 e. The van der Waals surface area contributed by atoms with Crippen LogP contribution in [0, 0.1) is 5.92 Å². The van der Waals surface area contributed by atoms with Crippen LogP contribution in [0.3, 0.4) is 0 Å². The molecule has 32 heavy (non-hydrogen) atoms. The summed E-state index contributed by atoms with van der Waals surface area (Å²) in [4.78, 5) is 2.30. The highest BCUT2D eigenvalue weighted by Crippen LogP contribution is 2.42. The molecule has 4 nitrogen and oxygen atoms in total. The van der Waals surface area contributed by atoms with Gasteiger partial charge >= 0.3 is 0 Å². The van der Waals surface area contributed by atoms with Crippen LogP contribution in [0.25, 0.3) is 0 Å². The number of rotatable bonds is 7. The highest BCUT2D eigenvalue weighted by atomic mass is 35.5. The molecule has 3 aromatic carbocycles. The van der Waals surface area contributed by atoms with Gasteiger partial charge in [0.05, 0.1) is 18.4 Å². The van der Waals surface area contributed by atoms with Crippen molar-refractivity contribution in [2.45, 2.75) is 11.3 Å². The van der Waals surface area contributed by atoms with Crippen LogP contribution in [0.2, 0.25) is 10.0 Å². The van der Waals surface area contributed by atoms with Crippen molar-refractivity contribution in [1.82, 2.24) is 4.90 Å². The Labute approximate surface area is 199 Å². The van der Waals surface area contributed by atoms with Gasteiger partial charge in [0, 0.05) is 35.3 Å². The molecule has 1 saturated heterocycles. The van der Waals surface area contributed by atoms with Gasteiger partial charge < -0.3 is 4.74 Å². The Kier molecular flexibility index (Phi) is 6.82. The largest absolute Gasteiger partial charge is 0.497 e. The second-order valence-corrected chi connectivity index (χ2v) is 11.3. The van der Waals surface area contributed by atoms with Crippen LogP contribution in [-0.4, -0.2) is 39.8 Å². The number of methoxy groups -OCH3 is 1. The Bertz CT molecular complexity index is 1110. The van der Waals surface area contributed by atoms with E-state index in [1.54, 1.807) is 7.11 Å². The first kappa shape index (κ1) is 23.1. The van der Waals surface area contributed by atoms with Crippen LogP contribution in [0.4, 0.5) is 0 Å². The molecule has 168 valence electrons. The smallest absolute Gasteiger partial charge is 0.154 e. The fraction of sp³-hybridized carbons (Fsp3) is 0.280. The lowest BCUT2D eigenvalue weighted by Crippen LogP contribution is -2.52. The normalized spacial score (nSPS) is 16.0. The van der Waals surface area contributed by atoms with E-state index in [1.807, 2.05) is 72.8 Å². The number of ether oxygens (including phenoxy) is 1. The van der Waals surface area contributed by atoms with E-state index in [0.717, 1.165) is 16.7 Å². The Hall–Kier alpha value is -2.05. The van der Waals surface area contributed by atoms with Gasteiger partial charge in [-0.05, 0) is 53.1 Å². The molecule has 1 aliphatic heterocycles. The predicted molar refractivity (Wildman–Crippen MR) is 130 cm³/mol. The number of hydrogen-bond donors (Lipinski definition) is 0. The maximum atomic E-state index is 12.7. The molecular weight excluding hydrogens is 465 g/mol.